The fourth-order valence-electron chi connectivity index (χ4n) is 4.44. The number of carbonyl (C=O) groups is 1. The lowest BCUT2D eigenvalue weighted by Gasteiger charge is -2.23. The van der Waals surface area contributed by atoms with E-state index in [0.29, 0.717) is 29.4 Å². The number of rotatable bonds is 5. The van der Waals surface area contributed by atoms with Crippen molar-refractivity contribution in [2.75, 3.05) is 31.6 Å². The van der Waals surface area contributed by atoms with Crippen molar-refractivity contribution in [2.24, 2.45) is 4.99 Å². The molecule has 0 saturated carbocycles. The zero-order valence-corrected chi connectivity index (χ0v) is 20.4. The van der Waals surface area contributed by atoms with Crippen LogP contribution in [0.25, 0.3) is 0 Å². The third kappa shape index (κ3) is 5.04. The Hall–Kier alpha value is -2.67. The summed E-state index contributed by atoms with van der Waals surface area (Å²) in [7, 11) is 1.71. The lowest BCUT2D eigenvalue weighted by Crippen LogP contribution is -2.41. The van der Waals surface area contributed by atoms with Crippen molar-refractivity contribution < 1.29 is 9.18 Å². The van der Waals surface area contributed by atoms with Crippen molar-refractivity contribution >= 4 is 41.5 Å². The van der Waals surface area contributed by atoms with E-state index in [1.165, 1.54) is 17.7 Å². The minimum Gasteiger partial charge on any atom is -0.352 e. The molecule has 2 aromatic rings. The first-order valence-electron chi connectivity index (χ1n) is 10.6. The van der Waals surface area contributed by atoms with Gasteiger partial charge in [0.15, 0.2) is 5.96 Å². The normalized spacial score (nSPS) is 17.7. The molecular formula is C24H27FIN5O. The number of hydrogen-bond donors (Lipinski definition) is 1. The number of likely N-dealkylation sites (tertiary alicyclic amines) is 1. The van der Waals surface area contributed by atoms with Gasteiger partial charge in [0.05, 0.1) is 11.6 Å². The number of carbonyl (C=O) groups excluding carboxylic acids is 1. The van der Waals surface area contributed by atoms with Gasteiger partial charge < -0.3 is 15.1 Å². The van der Waals surface area contributed by atoms with Gasteiger partial charge in [-0.15, -0.1) is 24.0 Å². The molecule has 1 unspecified atom stereocenters. The highest BCUT2D eigenvalue weighted by molar-refractivity contribution is 14.0. The smallest absolute Gasteiger partial charge is 0.222 e. The summed E-state index contributed by atoms with van der Waals surface area (Å²) in [5.41, 5.74) is 3.18. The number of halogens is 2. The second kappa shape index (κ2) is 10.8. The lowest BCUT2D eigenvalue weighted by atomic mass is 9.98. The Kier molecular flexibility index (Phi) is 8.07. The Labute approximate surface area is 205 Å². The summed E-state index contributed by atoms with van der Waals surface area (Å²) in [6.07, 6.45) is 2.51. The molecule has 0 spiro atoms. The first-order valence-corrected chi connectivity index (χ1v) is 10.6. The number of aliphatic imine (C=N–C) groups is 1. The number of hydrogen-bond acceptors (Lipinski definition) is 3. The topological polar surface area (TPSA) is 71.7 Å². The van der Waals surface area contributed by atoms with Crippen LogP contribution in [0, 0.1) is 17.1 Å². The van der Waals surface area contributed by atoms with Crippen LogP contribution >= 0.6 is 24.0 Å². The molecule has 0 bridgehead atoms. The zero-order chi connectivity index (χ0) is 21.8. The van der Waals surface area contributed by atoms with E-state index in [4.69, 9.17) is 5.26 Å². The van der Waals surface area contributed by atoms with E-state index in [9.17, 15) is 9.18 Å². The van der Waals surface area contributed by atoms with Gasteiger partial charge in [0.1, 0.15) is 5.82 Å². The molecule has 8 heteroatoms. The van der Waals surface area contributed by atoms with Gasteiger partial charge in [0.2, 0.25) is 5.91 Å². The Balaban J connectivity index is 0.00000289. The standard InChI is InChI=1S/C24H26FN5O.HI/c1-27-24(28-15-19-13-17(14-26)8-9-21(19)25)30-16-18(20-5-2-3-6-22(20)30)10-12-29-11-4-7-23(29)31;/h2-3,5-6,8-9,13,18H,4,7,10-12,15-16H2,1H3,(H,27,28);1H. The molecule has 1 amide bonds. The molecule has 4 rings (SSSR count). The summed E-state index contributed by atoms with van der Waals surface area (Å²) in [4.78, 5) is 20.5. The molecule has 2 aliphatic rings. The average molecular weight is 547 g/mol. The van der Waals surface area contributed by atoms with Gasteiger partial charge in [0.25, 0.3) is 0 Å². The van der Waals surface area contributed by atoms with Crippen LogP contribution in [0.5, 0.6) is 0 Å². The third-order valence-electron chi connectivity index (χ3n) is 6.07. The van der Waals surface area contributed by atoms with Gasteiger partial charge in [-0.25, -0.2) is 4.39 Å². The number of para-hydroxylation sites is 1. The van der Waals surface area contributed by atoms with E-state index in [-0.39, 0.29) is 42.2 Å². The molecule has 1 saturated heterocycles. The fraction of sp³-hybridized carbons (Fsp3) is 0.375. The number of fused-ring (bicyclic) bond motifs is 1. The van der Waals surface area contributed by atoms with Crippen molar-refractivity contribution in [3.8, 4) is 6.07 Å². The Morgan fingerprint density at radius 1 is 1.31 bits per heavy atom. The molecule has 2 aliphatic heterocycles. The van der Waals surface area contributed by atoms with Gasteiger partial charge in [-0.05, 0) is 42.7 Å². The average Bonchev–Trinajstić information content (AvgIpc) is 3.37. The highest BCUT2D eigenvalue weighted by atomic mass is 127. The first kappa shape index (κ1) is 24.0. The van der Waals surface area contributed by atoms with Crippen LogP contribution in [0.3, 0.4) is 0 Å². The summed E-state index contributed by atoms with van der Waals surface area (Å²) in [6, 6.07) is 14.6. The van der Waals surface area contributed by atoms with Crippen molar-refractivity contribution in [3.05, 3.63) is 65.0 Å². The second-order valence-electron chi connectivity index (χ2n) is 7.96. The Bertz CT molecular complexity index is 1050. The molecule has 32 heavy (non-hydrogen) atoms. The molecule has 0 aliphatic carbocycles. The van der Waals surface area contributed by atoms with E-state index in [0.717, 1.165) is 38.2 Å². The van der Waals surface area contributed by atoms with Crippen LogP contribution in [0.2, 0.25) is 0 Å². The summed E-state index contributed by atoms with van der Waals surface area (Å²) in [5.74, 6) is 0.856. The monoisotopic (exact) mass is 547 g/mol. The van der Waals surface area contributed by atoms with Gasteiger partial charge in [-0.1, -0.05) is 18.2 Å². The van der Waals surface area contributed by atoms with Crippen molar-refractivity contribution in [3.63, 3.8) is 0 Å². The number of nitrogens with one attached hydrogen (secondary N) is 1. The SMILES string of the molecule is CN=C(NCc1cc(C#N)ccc1F)N1CC(CCN2CCCC2=O)c2ccccc21.I. The molecule has 2 aromatic carbocycles. The molecule has 1 N–H and O–H groups in total. The zero-order valence-electron chi connectivity index (χ0n) is 18.1. The van der Waals surface area contributed by atoms with Crippen LogP contribution in [0.15, 0.2) is 47.5 Å². The number of guanidine groups is 1. The highest BCUT2D eigenvalue weighted by Gasteiger charge is 2.32. The fourth-order valence-corrected chi connectivity index (χ4v) is 4.44. The molecule has 0 aromatic heterocycles. The minimum atomic E-state index is -0.350. The quantitative estimate of drug-likeness (QED) is 0.349. The maximum Gasteiger partial charge on any atom is 0.222 e. The predicted octanol–water partition coefficient (Wildman–Crippen LogP) is 4.01. The predicted molar refractivity (Wildman–Crippen MR) is 134 cm³/mol. The molecule has 0 radical (unpaired) electrons. The van der Waals surface area contributed by atoms with Crippen LogP contribution in [-0.4, -0.2) is 43.4 Å². The number of amides is 1. The maximum absolute atomic E-state index is 14.2. The van der Waals surface area contributed by atoms with Crippen LogP contribution in [0.4, 0.5) is 10.1 Å². The lowest BCUT2D eigenvalue weighted by molar-refractivity contribution is -0.127. The number of anilines is 1. The van der Waals surface area contributed by atoms with E-state index in [1.54, 1.807) is 13.1 Å². The van der Waals surface area contributed by atoms with Crippen molar-refractivity contribution in [2.45, 2.75) is 31.7 Å². The second-order valence-corrected chi connectivity index (χ2v) is 7.96. The first-order chi connectivity index (χ1) is 15.1. The van der Waals surface area contributed by atoms with Crippen molar-refractivity contribution in [1.29, 1.82) is 5.26 Å². The summed E-state index contributed by atoms with van der Waals surface area (Å²) in [5, 5.41) is 12.3. The van der Waals surface area contributed by atoms with Gasteiger partial charge in [0, 0.05) is 56.8 Å². The van der Waals surface area contributed by atoms with E-state index in [1.807, 2.05) is 23.1 Å². The van der Waals surface area contributed by atoms with E-state index >= 15 is 0 Å². The molecule has 6 nitrogen and oxygen atoms in total. The molecule has 1 fully saturated rings. The highest BCUT2D eigenvalue weighted by Crippen LogP contribution is 2.38. The largest absolute Gasteiger partial charge is 0.352 e. The third-order valence-corrected chi connectivity index (χ3v) is 6.07. The minimum absolute atomic E-state index is 0. The molecule has 168 valence electrons. The number of nitriles is 1. The van der Waals surface area contributed by atoms with Crippen LogP contribution in [0.1, 0.15) is 41.9 Å². The number of benzene rings is 2. The summed E-state index contributed by atoms with van der Waals surface area (Å²) in [6.45, 7) is 2.61. The molecule has 2 heterocycles. The Morgan fingerprint density at radius 2 is 2.12 bits per heavy atom. The van der Waals surface area contributed by atoms with Crippen LogP contribution < -0.4 is 10.2 Å². The maximum atomic E-state index is 14.2. The summed E-state index contributed by atoms with van der Waals surface area (Å²) >= 11 is 0. The Morgan fingerprint density at radius 3 is 2.84 bits per heavy atom. The van der Waals surface area contributed by atoms with E-state index < -0.39 is 0 Å². The van der Waals surface area contributed by atoms with Gasteiger partial charge in [-0.3, -0.25) is 9.79 Å². The summed E-state index contributed by atoms with van der Waals surface area (Å²) < 4.78 is 14.2. The van der Waals surface area contributed by atoms with Crippen LogP contribution in [-0.2, 0) is 11.3 Å². The van der Waals surface area contributed by atoms with Gasteiger partial charge >= 0.3 is 0 Å². The van der Waals surface area contributed by atoms with E-state index in [2.05, 4.69) is 27.3 Å². The molecule has 1 atom stereocenters. The van der Waals surface area contributed by atoms with Crippen molar-refractivity contribution in [1.82, 2.24) is 10.2 Å². The molecular weight excluding hydrogens is 520 g/mol. The van der Waals surface area contributed by atoms with Gasteiger partial charge in [-0.2, -0.15) is 5.26 Å². The number of nitrogens with zero attached hydrogens (tertiary/aromatic N) is 4.